The molecule has 230 valence electrons. The Labute approximate surface area is 236 Å². The van der Waals surface area contributed by atoms with Crippen LogP contribution in [0.5, 0.6) is 0 Å². The van der Waals surface area contributed by atoms with Crippen LogP contribution in [0.15, 0.2) is 18.2 Å². The number of ether oxygens (including phenoxy) is 1. The number of nitrogens with zero attached hydrogens (tertiary/aromatic N) is 4. The number of rotatable bonds is 5. The van der Waals surface area contributed by atoms with E-state index >= 15 is 0 Å². The Morgan fingerprint density at radius 3 is 2.15 bits per heavy atom. The number of halogens is 6. The fourth-order valence-electron chi connectivity index (χ4n) is 6.45. The van der Waals surface area contributed by atoms with Crippen molar-refractivity contribution >= 4 is 17.7 Å². The molecule has 1 aromatic carbocycles. The summed E-state index contributed by atoms with van der Waals surface area (Å²) in [6, 6.07) is 6.32. The summed E-state index contributed by atoms with van der Waals surface area (Å²) >= 11 is 0. The first-order valence-electron chi connectivity index (χ1n) is 14.0. The van der Waals surface area contributed by atoms with Gasteiger partial charge in [-0.15, -0.1) is 0 Å². The maximum absolute atomic E-state index is 12.9. The molecule has 3 fully saturated rings. The van der Waals surface area contributed by atoms with Crippen molar-refractivity contribution in [2.24, 2.45) is 5.92 Å². The predicted molar refractivity (Wildman–Crippen MR) is 140 cm³/mol. The monoisotopic (exact) mass is 592 g/mol. The van der Waals surface area contributed by atoms with Gasteiger partial charge < -0.3 is 19.4 Å². The van der Waals surface area contributed by atoms with Gasteiger partial charge in [-0.2, -0.15) is 26.3 Å². The van der Waals surface area contributed by atoms with Crippen LogP contribution in [0.4, 0.5) is 36.8 Å². The third-order valence-corrected chi connectivity index (χ3v) is 8.73. The summed E-state index contributed by atoms with van der Waals surface area (Å²) < 4.78 is 81.2. The number of amides is 2. The summed E-state index contributed by atoms with van der Waals surface area (Å²) in [5.41, 5.74) is 3.08. The Hall–Kier alpha value is -2.70. The van der Waals surface area contributed by atoms with Gasteiger partial charge in [0, 0.05) is 64.0 Å². The minimum absolute atomic E-state index is 0.00998. The van der Waals surface area contributed by atoms with Crippen molar-refractivity contribution in [1.82, 2.24) is 14.7 Å². The van der Waals surface area contributed by atoms with Gasteiger partial charge in [-0.1, -0.05) is 12.1 Å². The van der Waals surface area contributed by atoms with Crippen LogP contribution in [0, 0.1) is 12.8 Å². The quantitative estimate of drug-likeness (QED) is 0.431. The van der Waals surface area contributed by atoms with Crippen LogP contribution in [-0.4, -0.2) is 97.5 Å². The Balaban J connectivity index is 1.41. The van der Waals surface area contributed by atoms with Gasteiger partial charge in [0.15, 0.2) is 0 Å². The Kier molecular flexibility index (Phi) is 9.06. The summed E-state index contributed by atoms with van der Waals surface area (Å²) in [5.74, 6) is 0.159. The molecule has 0 aliphatic carbocycles. The average Bonchev–Trinajstić information content (AvgIpc) is 3.27. The highest BCUT2D eigenvalue weighted by Crippen LogP contribution is 2.42. The molecule has 7 nitrogen and oxygen atoms in total. The molecule has 0 unspecified atom stereocenters. The van der Waals surface area contributed by atoms with E-state index in [0.29, 0.717) is 19.4 Å². The van der Waals surface area contributed by atoms with E-state index in [-0.39, 0.29) is 30.5 Å². The van der Waals surface area contributed by atoms with Crippen LogP contribution < -0.4 is 4.90 Å². The van der Waals surface area contributed by atoms with Gasteiger partial charge in [-0.25, -0.2) is 4.79 Å². The number of carbonyl (C=O) groups is 2. The van der Waals surface area contributed by atoms with Gasteiger partial charge >= 0.3 is 18.4 Å². The molecule has 0 bridgehead atoms. The van der Waals surface area contributed by atoms with Crippen molar-refractivity contribution in [2.75, 3.05) is 51.7 Å². The highest BCUT2D eigenvalue weighted by Gasteiger charge is 2.60. The molecule has 0 atom stereocenters. The van der Waals surface area contributed by atoms with Crippen molar-refractivity contribution in [3.05, 3.63) is 29.3 Å². The average molecular weight is 593 g/mol. The zero-order chi connectivity index (χ0) is 30.2. The fourth-order valence-corrected chi connectivity index (χ4v) is 6.45. The summed E-state index contributed by atoms with van der Waals surface area (Å²) in [6.07, 6.45) is -13.1. The van der Waals surface area contributed by atoms with Crippen molar-refractivity contribution < 1.29 is 40.7 Å². The number of alkyl halides is 6. The number of hydrogen-bond donors (Lipinski definition) is 0. The molecule has 3 saturated heterocycles. The molecule has 1 spiro atoms. The van der Waals surface area contributed by atoms with Crippen LogP contribution in [0.1, 0.15) is 49.7 Å². The van der Waals surface area contributed by atoms with E-state index < -0.39 is 24.5 Å². The molecule has 4 rings (SSSR count). The van der Waals surface area contributed by atoms with Crippen LogP contribution in [0.2, 0.25) is 0 Å². The zero-order valence-corrected chi connectivity index (χ0v) is 23.7. The lowest BCUT2D eigenvalue weighted by molar-refractivity contribution is -0.308. The Morgan fingerprint density at radius 1 is 0.976 bits per heavy atom. The molecule has 2 amide bonds. The molecular formula is C28H38F6N4O3. The largest absolute Gasteiger partial charge is 0.434 e. The second-order valence-electron chi connectivity index (χ2n) is 11.7. The predicted octanol–water partition coefficient (Wildman–Crippen LogP) is 5.36. The molecule has 0 radical (unpaired) electrons. The summed E-state index contributed by atoms with van der Waals surface area (Å²) in [4.78, 5) is 32.0. The van der Waals surface area contributed by atoms with Crippen molar-refractivity contribution in [3.63, 3.8) is 0 Å². The Bertz CT molecular complexity index is 1080. The number of aryl methyl sites for hydroxylation is 1. The number of carbonyl (C=O) groups excluding carboxylic acids is 2. The van der Waals surface area contributed by atoms with E-state index in [4.69, 9.17) is 0 Å². The standard InChI is InChI=1S/C28H38F6N4O3/c1-19-5-6-21(22(17-19)36-13-7-20(8-14-36)23(39)35(2)3)18-38-12-4-9-26(38)10-15-37(16-11-26)25(40)41-24(27(29,30)31)28(32,33)34/h5-6,17,20,24H,4,7-16,18H2,1-3H3. The molecule has 0 saturated carbocycles. The van der Waals surface area contributed by atoms with Gasteiger partial charge in [-0.3, -0.25) is 9.69 Å². The number of piperidine rings is 2. The summed E-state index contributed by atoms with van der Waals surface area (Å²) in [6.45, 7) is 5.05. The lowest BCUT2D eigenvalue weighted by Crippen LogP contribution is -2.54. The molecule has 3 aliphatic heterocycles. The first-order valence-corrected chi connectivity index (χ1v) is 14.0. The second kappa shape index (κ2) is 11.9. The molecule has 3 heterocycles. The maximum atomic E-state index is 12.9. The minimum Gasteiger partial charge on any atom is -0.426 e. The van der Waals surface area contributed by atoms with Crippen molar-refractivity contribution in [1.29, 1.82) is 0 Å². The van der Waals surface area contributed by atoms with Crippen LogP contribution in [0.3, 0.4) is 0 Å². The molecule has 41 heavy (non-hydrogen) atoms. The highest BCUT2D eigenvalue weighted by molar-refractivity contribution is 5.78. The lowest BCUT2D eigenvalue weighted by Gasteiger charge is -2.45. The minimum atomic E-state index is -5.74. The van der Waals surface area contributed by atoms with Crippen LogP contribution in [0.25, 0.3) is 0 Å². The first-order chi connectivity index (χ1) is 19.1. The molecule has 0 aromatic heterocycles. The van der Waals surface area contributed by atoms with E-state index in [1.54, 1.807) is 19.0 Å². The van der Waals surface area contributed by atoms with Gasteiger partial charge in [-0.05, 0) is 69.2 Å². The van der Waals surface area contributed by atoms with Gasteiger partial charge in [0.2, 0.25) is 5.91 Å². The number of benzene rings is 1. The normalized spacial score (nSPS) is 20.6. The highest BCUT2D eigenvalue weighted by atomic mass is 19.4. The van der Waals surface area contributed by atoms with E-state index in [2.05, 4.69) is 32.7 Å². The fraction of sp³-hybridized carbons (Fsp3) is 0.714. The third kappa shape index (κ3) is 7.03. The Morgan fingerprint density at radius 2 is 1.59 bits per heavy atom. The topological polar surface area (TPSA) is 56.3 Å². The van der Waals surface area contributed by atoms with Crippen molar-refractivity contribution in [3.8, 4) is 0 Å². The number of hydrogen-bond acceptors (Lipinski definition) is 5. The second-order valence-corrected chi connectivity index (χ2v) is 11.7. The summed E-state index contributed by atoms with van der Waals surface area (Å²) in [5, 5.41) is 0. The molecular weight excluding hydrogens is 554 g/mol. The summed E-state index contributed by atoms with van der Waals surface area (Å²) in [7, 11) is 3.54. The lowest BCUT2D eigenvalue weighted by atomic mass is 9.84. The molecule has 13 heteroatoms. The maximum Gasteiger partial charge on any atom is 0.434 e. The van der Waals surface area contributed by atoms with E-state index in [0.717, 1.165) is 67.0 Å². The first kappa shape index (κ1) is 31.2. The zero-order valence-electron chi connectivity index (χ0n) is 23.7. The van der Waals surface area contributed by atoms with E-state index in [1.807, 2.05) is 6.92 Å². The van der Waals surface area contributed by atoms with Gasteiger partial charge in [0.05, 0.1) is 0 Å². The SMILES string of the molecule is Cc1ccc(CN2CCCC23CCN(C(=O)OC(C(F)(F)F)C(F)(F)F)CC3)c(N2CCC(C(=O)N(C)C)CC2)c1. The molecule has 1 aromatic rings. The van der Waals surface area contributed by atoms with E-state index in [1.165, 1.54) is 0 Å². The molecule has 0 N–H and O–H groups in total. The van der Waals surface area contributed by atoms with Crippen LogP contribution in [-0.2, 0) is 16.1 Å². The van der Waals surface area contributed by atoms with Gasteiger partial charge in [0.1, 0.15) is 0 Å². The van der Waals surface area contributed by atoms with Gasteiger partial charge in [0.25, 0.3) is 6.10 Å². The smallest absolute Gasteiger partial charge is 0.426 e. The van der Waals surface area contributed by atoms with Crippen molar-refractivity contribution in [2.45, 2.75) is 76.0 Å². The number of anilines is 1. The molecule has 3 aliphatic rings. The van der Waals surface area contributed by atoms with Crippen LogP contribution >= 0.6 is 0 Å². The van der Waals surface area contributed by atoms with E-state index in [9.17, 15) is 35.9 Å². The third-order valence-electron chi connectivity index (χ3n) is 8.73. The number of likely N-dealkylation sites (tertiary alicyclic amines) is 2.